The van der Waals surface area contributed by atoms with Gasteiger partial charge in [-0.1, -0.05) is 0 Å². The molecule has 3 aromatic rings. The van der Waals surface area contributed by atoms with Crippen molar-refractivity contribution < 1.29 is 0 Å². The van der Waals surface area contributed by atoms with Crippen molar-refractivity contribution in [3.05, 3.63) is 54.6 Å². The van der Waals surface area contributed by atoms with Gasteiger partial charge in [-0.15, -0.1) is 0 Å². The van der Waals surface area contributed by atoms with Gasteiger partial charge in [0.1, 0.15) is 5.82 Å². The first kappa shape index (κ1) is 13.0. The third-order valence-electron chi connectivity index (χ3n) is 3.94. The minimum atomic E-state index is 0.752. The number of nitrogens with zero attached hydrogens (tertiary/aromatic N) is 7. The normalized spacial score (nSPS) is 14.6. The van der Waals surface area contributed by atoms with E-state index < -0.39 is 0 Å². The van der Waals surface area contributed by atoms with Crippen LogP contribution >= 0.6 is 0 Å². The summed E-state index contributed by atoms with van der Waals surface area (Å²) < 4.78 is 4.22. The Hall–Kier alpha value is -2.70. The van der Waals surface area contributed by atoms with E-state index in [1.807, 2.05) is 29.2 Å². The zero-order chi connectivity index (χ0) is 14.8. The zero-order valence-corrected chi connectivity index (χ0v) is 12.2. The fourth-order valence-electron chi connectivity index (χ4n) is 2.83. The van der Waals surface area contributed by atoms with Crippen LogP contribution in [0, 0.1) is 0 Å². The van der Waals surface area contributed by atoms with E-state index in [2.05, 4.69) is 29.5 Å². The Morgan fingerprint density at radius 3 is 2.68 bits per heavy atom. The lowest BCUT2D eigenvalue weighted by Gasteiger charge is -2.19. The van der Waals surface area contributed by atoms with E-state index in [0.717, 1.165) is 44.4 Å². The van der Waals surface area contributed by atoms with Crippen molar-refractivity contribution in [2.24, 2.45) is 0 Å². The molecule has 0 radical (unpaired) electrons. The lowest BCUT2D eigenvalue weighted by molar-refractivity contribution is 0.600. The molecule has 0 spiro atoms. The maximum Gasteiger partial charge on any atom is 0.225 e. The first-order valence-electron chi connectivity index (χ1n) is 7.43. The highest BCUT2D eigenvalue weighted by Gasteiger charge is 2.18. The number of hydrogen-bond donors (Lipinski definition) is 0. The van der Waals surface area contributed by atoms with E-state index in [9.17, 15) is 0 Å². The summed E-state index contributed by atoms with van der Waals surface area (Å²) in [5.41, 5.74) is 1.19. The van der Waals surface area contributed by atoms with Crippen LogP contribution in [0.1, 0.15) is 11.5 Å². The summed E-state index contributed by atoms with van der Waals surface area (Å²) in [5, 5.41) is 4.27. The highest BCUT2D eigenvalue weighted by atomic mass is 15.3. The van der Waals surface area contributed by atoms with Gasteiger partial charge < -0.3 is 9.47 Å². The average Bonchev–Trinajstić information content (AvgIpc) is 3.15. The maximum absolute atomic E-state index is 4.58. The molecule has 1 aliphatic rings. The van der Waals surface area contributed by atoms with Gasteiger partial charge in [-0.2, -0.15) is 5.10 Å². The summed E-state index contributed by atoms with van der Waals surface area (Å²) in [5.74, 6) is 1.92. The summed E-state index contributed by atoms with van der Waals surface area (Å²) in [6.45, 7) is 3.42. The highest BCUT2D eigenvalue weighted by molar-refractivity contribution is 5.29. The molecule has 0 amide bonds. The number of aromatic nitrogens is 6. The van der Waals surface area contributed by atoms with Gasteiger partial charge in [-0.05, 0) is 12.1 Å². The van der Waals surface area contributed by atoms with E-state index in [1.165, 1.54) is 5.69 Å². The lowest BCUT2D eigenvalue weighted by Crippen LogP contribution is -2.28. The first-order chi connectivity index (χ1) is 10.9. The van der Waals surface area contributed by atoms with Crippen molar-refractivity contribution in [2.75, 3.05) is 18.0 Å². The van der Waals surface area contributed by atoms with Gasteiger partial charge in [0, 0.05) is 50.8 Å². The quantitative estimate of drug-likeness (QED) is 0.721. The van der Waals surface area contributed by atoms with Crippen LogP contribution in [0.15, 0.2) is 43.1 Å². The molecule has 0 aliphatic carbocycles. The molecule has 1 aliphatic heterocycles. The average molecular weight is 295 g/mol. The third-order valence-corrected chi connectivity index (χ3v) is 3.94. The predicted octanol–water partition coefficient (Wildman–Crippen LogP) is 0.981. The Labute approximate surface area is 128 Å². The second kappa shape index (κ2) is 5.59. The minimum Gasteiger partial charge on any atom is -0.339 e. The van der Waals surface area contributed by atoms with Crippen molar-refractivity contribution >= 4 is 5.95 Å². The van der Waals surface area contributed by atoms with Crippen molar-refractivity contribution in [1.29, 1.82) is 0 Å². The van der Waals surface area contributed by atoms with Crippen LogP contribution in [-0.4, -0.2) is 42.4 Å². The first-order valence-corrected chi connectivity index (χ1v) is 7.43. The Balaban J connectivity index is 1.54. The molecule has 0 atom stereocenters. The molecule has 0 bridgehead atoms. The van der Waals surface area contributed by atoms with Gasteiger partial charge in [0.25, 0.3) is 0 Å². The van der Waals surface area contributed by atoms with Gasteiger partial charge in [0.15, 0.2) is 0 Å². The van der Waals surface area contributed by atoms with Crippen LogP contribution in [0.25, 0.3) is 0 Å². The number of rotatable bonds is 3. The Bertz CT molecular complexity index is 733. The van der Waals surface area contributed by atoms with Crippen molar-refractivity contribution in [3.63, 3.8) is 0 Å². The molecule has 0 aromatic carbocycles. The molecule has 7 nitrogen and oxygen atoms in total. The monoisotopic (exact) mass is 295 g/mol. The van der Waals surface area contributed by atoms with Crippen molar-refractivity contribution in [2.45, 2.75) is 19.5 Å². The van der Waals surface area contributed by atoms with E-state index in [4.69, 9.17) is 0 Å². The van der Waals surface area contributed by atoms with E-state index >= 15 is 0 Å². The molecular formula is C15H17N7. The third kappa shape index (κ3) is 2.45. The van der Waals surface area contributed by atoms with Crippen LogP contribution in [0.2, 0.25) is 0 Å². The molecule has 0 saturated carbocycles. The molecule has 4 rings (SSSR count). The Morgan fingerprint density at radius 2 is 1.86 bits per heavy atom. The maximum atomic E-state index is 4.58. The van der Waals surface area contributed by atoms with Crippen LogP contribution in [-0.2, 0) is 19.5 Å². The van der Waals surface area contributed by atoms with Crippen molar-refractivity contribution in [1.82, 2.24) is 29.3 Å². The van der Waals surface area contributed by atoms with Gasteiger partial charge in [-0.25, -0.2) is 15.0 Å². The highest BCUT2D eigenvalue weighted by Crippen LogP contribution is 2.15. The Kier molecular flexibility index (Phi) is 3.30. The number of imidazole rings is 1. The topological polar surface area (TPSA) is 64.7 Å². The molecule has 112 valence electrons. The lowest BCUT2D eigenvalue weighted by atomic mass is 10.4. The standard InChI is InChI=1S/C15H17N7/c1-4-16-15(17-5-1)20-8-3-14-18-11-13(22(14)10-9-20)12-21-7-2-6-19-21/h1-2,4-7,11H,3,8-10,12H2. The van der Waals surface area contributed by atoms with Gasteiger partial charge >= 0.3 is 0 Å². The van der Waals surface area contributed by atoms with Crippen molar-refractivity contribution in [3.8, 4) is 0 Å². The number of fused-ring (bicyclic) bond motifs is 1. The molecule has 22 heavy (non-hydrogen) atoms. The van der Waals surface area contributed by atoms with Crippen LogP contribution in [0.3, 0.4) is 0 Å². The minimum absolute atomic E-state index is 0.752. The molecule has 0 saturated heterocycles. The molecule has 3 aromatic heterocycles. The molecule has 0 unspecified atom stereocenters. The summed E-state index contributed by atoms with van der Waals surface area (Å²) in [6.07, 6.45) is 10.2. The molecule has 0 fully saturated rings. The molecule has 4 heterocycles. The molecule has 0 N–H and O–H groups in total. The number of hydrogen-bond acceptors (Lipinski definition) is 5. The van der Waals surface area contributed by atoms with E-state index in [1.54, 1.807) is 18.6 Å². The van der Waals surface area contributed by atoms with Gasteiger partial charge in [0.2, 0.25) is 5.95 Å². The second-order valence-corrected chi connectivity index (χ2v) is 5.31. The zero-order valence-electron chi connectivity index (χ0n) is 12.2. The largest absolute Gasteiger partial charge is 0.339 e. The molecule has 7 heteroatoms. The van der Waals surface area contributed by atoms with Crippen LogP contribution in [0.5, 0.6) is 0 Å². The summed E-state index contributed by atoms with van der Waals surface area (Å²) >= 11 is 0. The Morgan fingerprint density at radius 1 is 0.955 bits per heavy atom. The van der Waals surface area contributed by atoms with Crippen LogP contribution in [0.4, 0.5) is 5.95 Å². The van der Waals surface area contributed by atoms with Crippen LogP contribution < -0.4 is 4.90 Å². The number of anilines is 1. The van der Waals surface area contributed by atoms with E-state index in [-0.39, 0.29) is 0 Å². The summed E-state index contributed by atoms with van der Waals surface area (Å²) in [4.78, 5) is 15.5. The predicted molar refractivity (Wildman–Crippen MR) is 81.5 cm³/mol. The van der Waals surface area contributed by atoms with E-state index in [0.29, 0.717) is 0 Å². The molecular weight excluding hydrogens is 278 g/mol. The summed E-state index contributed by atoms with van der Waals surface area (Å²) in [6, 6.07) is 3.78. The van der Waals surface area contributed by atoms with Gasteiger partial charge in [-0.3, -0.25) is 4.68 Å². The summed E-state index contributed by atoms with van der Waals surface area (Å²) in [7, 11) is 0. The smallest absolute Gasteiger partial charge is 0.225 e. The second-order valence-electron chi connectivity index (χ2n) is 5.31. The SMILES string of the molecule is c1cnc(N2CCc3ncc(Cn4cccn4)n3CC2)nc1. The van der Waals surface area contributed by atoms with Gasteiger partial charge in [0.05, 0.1) is 18.4 Å². The fourth-order valence-corrected chi connectivity index (χ4v) is 2.83. The fraction of sp³-hybridized carbons (Fsp3) is 0.333.